The second kappa shape index (κ2) is 6.90. The molecule has 0 aromatic heterocycles. The fourth-order valence-corrected chi connectivity index (χ4v) is 2.66. The van der Waals surface area contributed by atoms with Crippen molar-refractivity contribution in [2.24, 2.45) is 0 Å². The highest BCUT2D eigenvalue weighted by Crippen LogP contribution is 2.18. The third kappa shape index (κ3) is 4.29. The molecule has 22 heavy (non-hydrogen) atoms. The Morgan fingerprint density at radius 3 is 2.50 bits per heavy atom. The van der Waals surface area contributed by atoms with Crippen LogP contribution in [0.15, 0.2) is 24.3 Å². The molecule has 0 radical (unpaired) electrons. The van der Waals surface area contributed by atoms with Crippen molar-refractivity contribution in [3.05, 3.63) is 35.6 Å². The number of benzene rings is 1. The normalized spacial score (nSPS) is 16.1. The fourth-order valence-electron chi connectivity index (χ4n) is 2.66. The average Bonchev–Trinajstić information content (AvgIpc) is 2.47. The van der Waals surface area contributed by atoms with E-state index in [9.17, 15) is 14.0 Å². The van der Waals surface area contributed by atoms with Gasteiger partial charge >= 0.3 is 0 Å². The minimum absolute atomic E-state index is 0.187. The molecule has 0 heterocycles. The maximum absolute atomic E-state index is 13.2. The van der Waals surface area contributed by atoms with E-state index >= 15 is 0 Å². The van der Waals surface area contributed by atoms with Gasteiger partial charge in [-0.2, -0.15) is 0 Å². The highest BCUT2D eigenvalue weighted by Gasteiger charge is 2.31. The quantitative estimate of drug-likeness (QED) is 0.898. The molecule has 2 rings (SSSR count). The Labute approximate surface area is 130 Å². The van der Waals surface area contributed by atoms with Crippen LogP contribution in [0.1, 0.15) is 56.3 Å². The first-order chi connectivity index (χ1) is 10.4. The van der Waals surface area contributed by atoms with Crippen molar-refractivity contribution in [2.75, 3.05) is 0 Å². The van der Waals surface area contributed by atoms with E-state index in [0.29, 0.717) is 0 Å². The standard InChI is InChI=1S/C17H23FN2O2/c1-17(2,16(22)19-14-9-4-3-5-10-14)20-15(21)12-7-6-8-13(18)11-12/h6-8,11,14H,3-5,9-10H2,1-2H3,(H,19,22)(H,20,21). The highest BCUT2D eigenvalue weighted by atomic mass is 19.1. The van der Waals surface area contributed by atoms with E-state index in [1.54, 1.807) is 13.8 Å². The first-order valence-electron chi connectivity index (χ1n) is 7.77. The molecule has 1 aliphatic carbocycles. The molecule has 0 unspecified atom stereocenters. The minimum atomic E-state index is -1.04. The van der Waals surface area contributed by atoms with Crippen molar-refractivity contribution in [3.63, 3.8) is 0 Å². The van der Waals surface area contributed by atoms with Gasteiger partial charge in [-0.1, -0.05) is 25.3 Å². The number of amides is 2. The average molecular weight is 306 g/mol. The third-order valence-corrected chi connectivity index (χ3v) is 4.02. The predicted molar refractivity (Wildman–Crippen MR) is 83.0 cm³/mol. The number of halogens is 1. The summed E-state index contributed by atoms with van der Waals surface area (Å²) in [6.07, 6.45) is 5.44. The Kier molecular flexibility index (Phi) is 5.16. The molecule has 0 spiro atoms. The van der Waals surface area contributed by atoms with Gasteiger partial charge in [-0.05, 0) is 44.9 Å². The van der Waals surface area contributed by atoms with Crippen LogP contribution >= 0.6 is 0 Å². The first-order valence-corrected chi connectivity index (χ1v) is 7.77. The van der Waals surface area contributed by atoms with Gasteiger partial charge in [0, 0.05) is 11.6 Å². The lowest BCUT2D eigenvalue weighted by molar-refractivity contribution is -0.127. The molecule has 1 aromatic carbocycles. The van der Waals surface area contributed by atoms with E-state index < -0.39 is 17.3 Å². The van der Waals surface area contributed by atoms with Gasteiger partial charge in [-0.3, -0.25) is 9.59 Å². The highest BCUT2D eigenvalue weighted by molar-refractivity contribution is 5.98. The van der Waals surface area contributed by atoms with Gasteiger partial charge in [-0.25, -0.2) is 4.39 Å². The van der Waals surface area contributed by atoms with Gasteiger partial charge in [0.05, 0.1) is 0 Å². The van der Waals surface area contributed by atoms with E-state index in [2.05, 4.69) is 10.6 Å². The Morgan fingerprint density at radius 1 is 1.18 bits per heavy atom. The Bertz CT molecular complexity index is 551. The molecule has 1 aliphatic rings. The molecule has 0 saturated heterocycles. The van der Waals surface area contributed by atoms with Crippen molar-refractivity contribution in [1.29, 1.82) is 0 Å². The van der Waals surface area contributed by atoms with E-state index in [1.165, 1.54) is 24.6 Å². The van der Waals surface area contributed by atoms with Crippen LogP contribution in [-0.4, -0.2) is 23.4 Å². The van der Waals surface area contributed by atoms with Gasteiger partial charge in [0.2, 0.25) is 5.91 Å². The van der Waals surface area contributed by atoms with E-state index in [0.717, 1.165) is 31.7 Å². The lowest BCUT2D eigenvalue weighted by atomic mass is 9.94. The lowest BCUT2D eigenvalue weighted by Crippen LogP contribution is -2.56. The van der Waals surface area contributed by atoms with Crippen LogP contribution in [0, 0.1) is 5.82 Å². The molecule has 0 aliphatic heterocycles. The van der Waals surface area contributed by atoms with Crippen LogP contribution in [0.2, 0.25) is 0 Å². The van der Waals surface area contributed by atoms with Crippen LogP contribution in [0.5, 0.6) is 0 Å². The van der Waals surface area contributed by atoms with Crippen molar-refractivity contribution in [3.8, 4) is 0 Å². The summed E-state index contributed by atoms with van der Waals surface area (Å²) in [5.74, 6) is -1.13. The number of hydrogen-bond donors (Lipinski definition) is 2. The summed E-state index contributed by atoms with van der Waals surface area (Å²) >= 11 is 0. The topological polar surface area (TPSA) is 58.2 Å². The van der Waals surface area contributed by atoms with E-state index in [-0.39, 0.29) is 17.5 Å². The maximum Gasteiger partial charge on any atom is 0.252 e. The van der Waals surface area contributed by atoms with Gasteiger partial charge in [0.25, 0.3) is 5.91 Å². The second-order valence-corrected chi connectivity index (χ2v) is 6.40. The zero-order chi connectivity index (χ0) is 16.2. The Hall–Kier alpha value is -1.91. The maximum atomic E-state index is 13.2. The zero-order valence-corrected chi connectivity index (χ0v) is 13.1. The van der Waals surface area contributed by atoms with Crippen molar-refractivity contribution >= 4 is 11.8 Å². The Morgan fingerprint density at radius 2 is 1.86 bits per heavy atom. The summed E-state index contributed by atoms with van der Waals surface area (Å²) in [4.78, 5) is 24.5. The van der Waals surface area contributed by atoms with Crippen LogP contribution in [0.3, 0.4) is 0 Å². The molecule has 0 bridgehead atoms. The van der Waals surface area contributed by atoms with Crippen molar-refractivity contribution < 1.29 is 14.0 Å². The summed E-state index contributed by atoms with van der Waals surface area (Å²) in [6, 6.07) is 5.61. The predicted octanol–water partition coefficient (Wildman–Crippen LogP) is 2.78. The van der Waals surface area contributed by atoms with Gasteiger partial charge in [-0.15, -0.1) is 0 Å². The third-order valence-electron chi connectivity index (χ3n) is 4.02. The smallest absolute Gasteiger partial charge is 0.252 e. The zero-order valence-electron chi connectivity index (χ0n) is 13.1. The molecule has 1 aromatic rings. The second-order valence-electron chi connectivity index (χ2n) is 6.40. The van der Waals surface area contributed by atoms with Crippen LogP contribution in [0.4, 0.5) is 4.39 Å². The fraction of sp³-hybridized carbons (Fsp3) is 0.529. The number of carbonyl (C=O) groups excluding carboxylic acids is 2. The molecule has 1 saturated carbocycles. The molecule has 0 atom stereocenters. The Balaban J connectivity index is 1.96. The SMILES string of the molecule is CC(C)(NC(=O)c1cccc(F)c1)C(=O)NC1CCCCC1. The molecule has 1 fully saturated rings. The number of rotatable bonds is 4. The van der Waals surface area contributed by atoms with Gasteiger partial charge < -0.3 is 10.6 Å². The first kappa shape index (κ1) is 16.5. The molecule has 2 N–H and O–H groups in total. The van der Waals surface area contributed by atoms with Crippen molar-refractivity contribution in [1.82, 2.24) is 10.6 Å². The lowest BCUT2D eigenvalue weighted by Gasteiger charge is -2.30. The summed E-state index contributed by atoms with van der Waals surface area (Å²) in [5, 5.41) is 5.67. The van der Waals surface area contributed by atoms with Gasteiger partial charge in [0.1, 0.15) is 11.4 Å². The number of nitrogens with one attached hydrogen (secondary N) is 2. The van der Waals surface area contributed by atoms with Crippen LogP contribution < -0.4 is 10.6 Å². The number of hydrogen-bond acceptors (Lipinski definition) is 2. The molecular formula is C17H23FN2O2. The molecular weight excluding hydrogens is 283 g/mol. The summed E-state index contributed by atoms with van der Waals surface area (Å²) < 4.78 is 13.2. The summed E-state index contributed by atoms with van der Waals surface area (Å²) in [6.45, 7) is 3.31. The number of carbonyl (C=O) groups is 2. The summed E-state index contributed by atoms with van der Waals surface area (Å²) in [7, 11) is 0. The monoisotopic (exact) mass is 306 g/mol. The molecule has 5 heteroatoms. The molecule has 120 valence electrons. The van der Waals surface area contributed by atoms with Gasteiger partial charge in [0.15, 0.2) is 0 Å². The summed E-state index contributed by atoms with van der Waals surface area (Å²) in [5.41, 5.74) is -0.834. The molecule has 4 nitrogen and oxygen atoms in total. The van der Waals surface area contributed by atoms with E-state index in [1.807, 2.05) is 0 Å². The van der Waals surface area contributed by atoms with Crippen LogP contribution in [-0.2, 0) is 4.79 Å². The van der Waals surface area contributed by atoms with Crippen LogP contribution in [0.25, 0.3) is 0 Å². The van der Waals surface area contributed by atoms with E-state index in [4.69, 9.17) is 0 Å². The minimum Gasteiger partial charge on any atom is -0.351 e. The molecule has 2 amide bonds. The largest absolute Gasteiger partial charge is 0.351 e. The van der Waals surface area contributed by atoms with Crippen molar-refractivity contribution in [2.45, 2.75) is 57.5 Å².